The summed E-state index contributed by atoms with van der Waals surface area (Å²) in [6.45, 7) is 1.10. The molecule has 0 saturated heterocycles. The van der Waals surface area contributed by atoms with Crippen LogP contribution in [0.5, 0.6) is 0 Å². The van der Waals surface area contributed by atoms with Gasteiger partial charge in [0, 0.05) is 18.6 Å². The molecular weight excluding hydrogens is 250 g/mol. The highest BCUT2D eigenvalue weighted by Crippen LogP contribution is 2.29. The molecule has 100 valence electrons. The molecule has 1 rings (SSSR count). The number of methoxy groups -OCH3 is 1. The lowest BCUT2D eigenvalue weighted by Crippen LogP contribution is -2.33. The lowest BCUT2D eigenvalue weighted by molar-refractivity contribution is -0.143. The maximum atomic E-state index is 11.5. The Morgan fingerprint density at radius 3 is 2.72 bits per heavy atom. The van der Waals surface area contributed by atoms with Crippen LogP contribution in [0, 0.1) is 0 Å². The first-order valence-electron chi connectivity index (χ1n) is 5.66. The summed E-state index contributed by atoms with van der Waals surface area (Å²) in [5, 5.41) is 9.42. The molecule has 0 heterocycles. The first-order chi connectivity index (χ1) is 8.61. The van der Waals surface area contributed by atoms with Crippen molar-refractivity contribution in [3.8, 4) is 0 Å². The quantitative estimate of drug-likeness (QED) is 0.768. The molecule has 1 atom stereocenters. The summed E-state index contributed by atoms with van der Waals surface area (Å²) in [5.74, 6) is -0.838. The van der Waals surface area contributed by atoms with Gasteiger partial charge in [0.05, 0.1) is 6.61 Å². The monoisotopic (exact) mass is 269 g/mol. The Hall–Kier alpha value is -1.04. The topological polar surface area (TPSA) is 49.8 Å². The summed E-state index contributed by atoms with van der Waals surface area (Å²) in [6.07, 6.45) is 1.95. The average Bonchev–Trinajstić information content (AvgIpc) is 2.36. The normalized spacial score (nSPS) is 12.7. The van der Waals surface area contributed by atoms with Gasteiger partial charge in [-0.2, -0.15) is 0 Å². The summed E-state index contributed by atoms with van der Waals surface area (Å²) in [5.41, 5.74) is 0.830. The molecule has 0 radical (unpaired) electrons. The third kappa shape index (κ3) is 3.73. The molecule has 0 fully saturated rings. The minimum Gasteiger partial charge on any atom is -0.480 e. The highest BCUT2D eigenvalue weighted by Gasteiger charge is 2.26. The van der Waals surface area contributed by atoms with E-state index in [2.05, 4.69) is 0 Å². The Morgan fingerprint density at radius 1 is 1.50 bits per heavy atom. The van der Waals surface area contributed by atoms with E-state index in [1.807, 2.05) is 30.5 Å². The second kappa shape index (κ2) is 7.41. The Kier molecular flexibility index (Phi) is 6.18. The van der Waals surface area contributed by atoms with Crippen molar-refractivity contribution in [2.75, 3.05) is 33.6 Å². The van der Waals surface area contributed by atoms with Crippen LogP contribution in [0.4, 0.5) is 0 Å². The fourth-order valence-electron chi connectivity index (χ4n) is 1.82. The smallest absolute Gasteiger partial charge is 0.325 e. The van der Waals surface area contributed by atoms with Gasteiger partial charge in [-0.3, -0.25) is 9.69 Å². The summed E-state index contributed by atoms with van der Waals surface area (Å²) in [7, 11) is 3.41. The molecule has 0 amide bonds. The van der Waals surface area contributed by atoms with Gasteiger partial charge in [-0.25, -0.2) is 0 Å². The van der Waals surface area contributed by atoms with Gasteiger partial charge in [0.25, 0.3) is 0 Å². The molecule has 0 aromatic heterocycles. The van der Waals surface area contributed by atoms with Crippen LogP contribution in [-0.2, 0) is 9.53 Å². The highest BCUT2D eigenvalue weighted by molar-refractivity contribution is 7.98. The summed E-state index contributed by atoms with van der Waals surface area (Å²) in [4.78, 5) is 14.3. The molecule has 1 N–H and O–H groups in total. The van der Waals surface area contributed by atoms with Crippen molar-refractivity contribution in [3.05, 3.63) is 29.8 Å². The Balaban J connectivity index is 3.00. The molecule has 0 bridgehead atoms. The fourth-order valence-corrected chi connectivity index (χ4v) is 2.45. The number of nitrogens with zero attached hydrogens (tertiary/aromatic N) is 1. The molecule has 0 aliphatic rings. The number of hydrogen-bond acceptors (Lipinski definition) is 4. The van der Waals surface area contributed by atoms with E-state index in [0.717, 1.165) is 10.5 Å². The van der Waals surface area contributed by atoms with Crippen LogP contribution in [0.2, 0.25) is 0 Å². The lowest BCUT2D eigenvalue weighted by atomic mass is 10.1. The summed E-state index contributed by atoms with van der Waals surface area (Å²) in [6, 6.07) is 6.97. The number of carboxylic acids is 1. The van der Waals surface area contributed by atoms with Gasteiger partial charge in [-0.1, -0.05) is 18.2 Å². The largest absolute Gasteiger partial charge is 0.480 e. The first kappa shape index (κ1) is 15.0. The molecule has 0 unspecified atom stereocenters. The van der Waals surface area contributed by atoms with Gasteiger partial charge in [0.1, 0.15) is 6.04 Å². The number of aliphatic carboxylic acids is 1. The number of carboxylic acid groups (broad SMARTS) is 1. The maximum absolute atomic E-state index is 11.5. The molecule has 5 heteroatoms. The van der Waals surface area contributed by atoms with E-state index in [4.69, 9.17) is 4.74 Å². The zero-order valence-electron chi connectivity index (χ0n) is 10.9. The van der Waals surface area contributed by atoms with Gasteiger partial charge in [0.15, 0.2) is 0 Å². The van der Waals surface area contributed by atoms with Crippen molar-refractivity contribution in [1.29, 1.82) is 0 Å². The summed E-state index contributed by atoms with van der Waals surface area (Å²) >= 11 is 1.56. The van der Waals surface area contributed by atoms with E-state index in [-0.39, 0.29) is 0 Å². The van der Waals surface area contributed by atoms with Crippen molar-refractivity contribution < 1.29 is 14.6 Å². The van der Waals surface area contributed by atoms with Gasteiger partial charge < -0.3 is 9.84 Å². The van der Waals surface area contributed by atoms with Crippen LogP contribution >= 0.6 is 11.8 Å². The third-order valence-electron chi connectivity index (χ3n) is 2.76. The van der Waals surface area contributed by atoms with Crippen LogP contribution in [0.15, 0.2) is 29.2 Å². The van der Waals surface area contributed by atoms with Crippen LogP contribution in [-0.4, -0.2) is 49.5 Å². The number of carbonyl (C=O) groups is 1. The zero-order valence-corrected chi connectivity index (χ0v) is 11.7. The van der Waals surface area contributed by atoms with Gasteiger partial charge in [-0.15, -0.1) is 11.8 Å². The van der Waals surface area contributed by atoms with Crippen molar-refractivity contribution in [1.82, 2.24) is 4.90 Å². The van der Waals surface area contributed by atoms with E-state index in [0.29, 0.717) is 13.2 Å². The Morgan fingerprint density at radius 2 is 2.17 bits per heavy atom. The van der Waals surface area contributed by atoms with E-state index in [1.54, 1.807) is 30.8 Å². The molecule has 0 aliphatic heterocycles. The third-order valence-corrected chi connectivity index (χ3v) is 3.57. The maximum Gasteiger partial charge on any atom is 0.325 e. The van der Waals surface area contributed by atoms with Crippen LogP contribution in [0.25, 0.3) is 0 Å². The predicted octanol–water partition coefficient (Wildman–Crippen LogP) is 2.11. The van der Waals surface area contributed by atoms with Crippen molar-refractivity contribution >= 4 is 17.7 Å². The van der Waals surface area contributed by atoms with Crippen LogP contribution in [0.1, 0.15) is 11.6 Å². The molecule has 1 aromatic carbocycles. The molecule has 0 spiro atoms. The SMILES string of the molecule is COCCN(C)[C@H](C(=O)O)c1ccccc1SC. The average molecular weight is 269 g/mol. The minimum atomic E-state index is -0.838. The number of ether oxygens (including phenoxy) is 1. The zero-order chi connectivity index (χ0) is 13.5. The summed E-state index contributed by atoms with van der Waals surface area (Å²) < 4.78 is 5.00. The van der Waals surface area contributed by atoms with Crippen molar-refractivity contribution in [3.63, 3.8) is 0 Å². The molecular formula is C13H19NO3S. The highest BCUT2D eigenvalue weighted by atomic mass is 32.2. The lowest BCUT2D eigenvalue weighted by Gasteiger charge is -2.26. The van der Waals surface area contributed by atoms with Gasteiger partial charge >= 0.3 is 5.97 Å². The van der Waals surface area contributed by atoms with E-state index in [1.165, 1.54) is 0 Å². The molecule has 1 aromatic rings. The number of hydrogen-bond donors (Lipinski definition) is 1. The second-order valence-corrected chi connectivity index (χ2v) is 4.80. The van der Waals surface area contributed by atoms with E-state index in [9.17, 15) is 9.90 Å². The predicted molar refractivity (Wildman–Crippen MR) is 73.1 cm³/mol. The van der Waals surface area contributed by atoms with E-state index < -0.39 is 12.0 Å². The Labute approximate surface area is 112 Å². The van der Waals surface area contributed by atoms with Crippen molar-refractivity contribution in [2.45, 2.75) is 10.9 Å². The van der Waals surface area contributed by atoms with Gasteiger partial charge in [0.2, 0.25) is 0 Å². The Bertz CT molecular complexity index is 398. The molecule has 0 saturated carbocycles. The number of thioether (sulfide) groups is 1. The molecule has 0 aliphatic carbocycles. The number of rotatable bonds is 7. The number of benzene rings is 1. The van der Waals surface area contributed by atoms with Crippen LogP contribution in [0.3, 0.4) is 0 Å². The molecule has 4 nitrogen and oxygen atoms in total. The van der Waals surface area contributed by atoms with Gasteiger partial charge in [-0.05, 0) is 24.9 Å². The van der Waals surface area contributed by atoms with E-state index >= 15 is 0 Å². The molecule has 18 heavy (non-hydrogen) atoms. The fraction of sp³-hybridized carbons (Fsp3) is 0.462. The second-order valence-electron chi connectivity index (χ2n) is 3.96. The minimum absolute atomic E-state index is 0.516. The van der Waals surface area contributed by atoms with Crippen molar-refractivity contribution in [2.24, 2.45) is 0 Å². The standard InChI is InChI=1S/C13H19NO3S/c1-14(8-9-17-2)12(13(15)16)10-6-4-5-7-11(10)18-3/h4-7,12H,8-9H2,1-3H3,(H,15,16)/t12-/m0/s1. The van der Waals surface area contributed by atoms with Crippen LogP contribution < -0.4 is 0 Å². The number of likely N-dealkylation sites (N-methyl/N-ethyl adjacent to an activating group) is 1. The first-order valence-corrected chi connectivity index (χ1v) is 6.89.